The van der Waals surface area contributed by atoms with Gasteiger partial charge >= 0.3 is 0 Å². The van der Waals surface area contributed by atoms with Crippen molar-refractivity contribution in [3.8, 4) is 0 Å². The zero-order valence-electron chi connectivity index (χ0n) is 13.6. The van der Waals surface area contributed by atoms with E-state index in [0.717, 1.165) is 52.0 Å². The molecule has 0 radical (unpaired) electrons. The van der Waals surface area contributed by atoms with E-state index in [2.05, 4.69) is 4.90 Å². The van der Waals surface area contributed by atoms with Crippen LogP contribution in [0.2, 0.25) is 0 Å². The smallest absolute Gasteiger partial charge is 0.224 e. The van der Waals surface area contributed by atoms with Crippen LogP contribution in [0.5, 0.6) is 0 Å². The van der Waals surface area contributed by atoms with Crippen LogP contribution in [0.4, 0.5) is 0 Å². The Hall–Kier alpha value is -0.690. The maximum atomic E-state index is 12.3. The number of hydrogen-bond acceptors (Lipinski definition) is 5. The van der Waals surface area contributed by atoms with Crippen molar-refractivity contribution in [1.29, 1.82) is 0 Å². The summed E-state index contributed by atoms with van der Waals surface area (Å²) < 4.78 is 10.3. The lowest BCUT2D eigenvalue weighted by molar-refractivity contribution is -0.131. The SMILES string of the molecule is COCCCN(CCOC)C(CN)CC(=O)N1CCCC1. The highest BCUT2D eigenvalue weighted by atomic mass is 16.5. The predicted molar refractivity (Wildman–Crippen MR) is 83.2 cm³/mol. The summed E-state index contributed by atoms with van der Waals surface area (Å²) in [5.74, 6) is 0.233. The molecule has 0 spiro atoms. The van der Waals surface area contributed by atoms with E-state index >= 15 is 0 Å². The molecule has 1 unspecified atom stereocenters. The van der Waals surface area contributed by atoms with Crippen molar-refractivity contribution >= 4 is 5.91 Å². The summed E-state index contributed by atoms with van der Waals surface area (Å²) >= 11 is 0. The Labute approximate surface area is 128 Å². The molecular formula is C15H31N3O3. The Morgan fingerprint density at radius 2 is 1.86 bits per heavy atom. The number of carbonyl (C=O) groups excluding carboxylic acids is 1. The first kappa shape index (κ1) is 18.4. The molecule has 1 heterocycles. The number of rotatable bonds is 11. The highest BCUT2D eigenvalue weighted by Crippen LogP contribution is 2.12. The number of methoxy groups -OCH3 is 2. The normalized spacial score (nSPS) is 16.7. The van der Waals surface area contributed by atoms with Gasteiger partial charge in [0.05, 0.1) is 6.61 Å². The van der Waals surface area contributed by atoms with Crippen molar-refractivity contribution in [1.82, 2.24) is 9.80 Å². The fourth-order valence-electron chi connectivity index (χ4n) is 2.76. The van der Waals surface area contributed by atoms with E-state index in [0.29, 0.717) is 19.6 Å². The summed E-state index contributed by atoms with van der Waals surface area (Å²) in [5, 5.41) is 0. The van der Waals surface area contributed by atoms with Crippen LogP contribution in [0.25, 0.3) is 0 Å². The van der Waals surface area contributed by atoms with Gasteiger partial charge in [0.15, 0.2) is 0 Å². The van der Waals surface area contributed by atoms with E-state index < -0.39 is 0 Å². The van der Waals surface area contributed by atoms with Crippen LogP contribution in [-0.2, 0) is 14.3 Å². The van der Waals surface area contributed by atoms with E-state index in [1.54, 1.807) is 14.2 Å². The zero-order chi connectivity index (χ0) is 15.5. The predicted octanol–water partition coefficient (Wildman–Crippen LogP) is 0.311. The van der Waals surface area contributed by atoms with Crippen LogP contribution >= 0.6 is 0 Å². The number of carbonyl (C=O) groups is 1. The third-order valence-electron chi connectivity index (χ3n) is 4.03. The van der Waals surface area contributed by atoms with Crippen molar-refractivity contribution in [2.45, 2.75) is 31.7 Å². The van der Waals surface area contributed by atoms with Crippen molar-refractivity contribution in [2.75, 3.05) is 60.2 Å². The molecule has 1 aliphatic heterocycles. The molecule has 0 saturated carbocycles. The summed E-state index contributed by atoms with van der Waals surface area (Å²) in [6.45, 7) is 5.36. The molecule has 1 rings (SSSR count). The molecule has 0 aliphatic carbocycles. The lowest BCUT2D eigenvalue weighted by atomic mass is 10.1. The Bertz CT molecular complexity index is 283. The number of nitrogens with zero attached hydrogens (tertiary/aromatic N) is 2. The minimum absolute atomic E-state index is 0.0881. The van der Waals surface area contributed by atoms with E-state index in [4.69, 9.17) is 15.2 Å². The maximum absolute atomic E-state index is 12.3. The highest BCUT2D eigenvalue weighted by Gasteiger charge is 2.24. The molecule has 21 heavy (non-hydrogen) atoms. The van der Waals surface area contributed by atoms with Crippen molar-refractivity contribution in [3.05, 3.63) is 0 Å². The highest BCUT2D eigenvalue weighted by molar-refractivity contribution is 5.77. The Kier molecular flexibility index (Phi) is 9.58. The van der Waals surface area contributed by atoms with Gasteiger partial charge in [-0.25, -0.2) is 0 Å². The molecular weight excluding hydrogens is 270 g/mol. The lowest BCUT2D eigenvalue weighted by Gasteiger charge is -2.31. The minimum Gasteiger partial charge on any atom is -0.385 e. The molecule has 0 aromatic carbocycles. The topological polar surface area (TPSA) is 68.0 Å². The number of ether oxygens (including phenoxy) is 2. The van der Waals surface area contributed by atoms with Gasteiger partial charge in [0.2, 0.25) is 5.91 Å². The van der Waals surface area contributed by atoms with Gasteiger partial charge in [0.25, 0.3) is 0 Å². The van der Waals surface area contributed by atoms with Crippen LogP contribution in [0.1, 0.15) is 25.7 Å². The number of likely N-dealkylation sites (tertiary alicyclic amines) is 1. The van der Waals surface area contributed by atoms with Gasteiger partial charge in [-0.3, -0.25) is 9.69 Å². The Morgan fingerprint density at radius 3 is 2.43 bits per heavy atom. The molecule has 1 aliphatic rings. The minimum atomic E-state index is 0.0881. The van der Waals surface area contributed by atoms with Gasteiger partial charge < -0.3 is 20.1 Å². The zero-order valence-corrected chi connectivity index (χ0v) is 13.6. The number of amides is 1. The quantitative estimate of drug-likeness (QED) is 0.556. The molecule has 2 N–H and O–H groups in total. The van der Waals surface area contributed by atoms with Gasteiger partial charge in [-0.1, -0.05) is 0 Å². The second-order valence-corrected chi connectivity index (χ2v) is 5.56. The van der Waals surface area contributed by atoms with Crippen molar-refractivity contribution < 1.29 is 14.3 Å². The van der Waals surface area contributed by atoms with Crippen LogP contribution in [0, 0.1) is 0 Å². The molecule has 1 fully saturated rings. The average molecular weight is 301 g/mol. The van der Waals surface area contributed by atoms with Gasteiger partial charge in [-0.05, 0) is 19.3 Å². The third-order valence-corrected chi connectivity index (χ3v) is 4.03. The molecule has 0 aromatic heterocycles. The van der Waals surface area contributed by atoms with Gasteiger partial charge in [-0.15, -0.1) is 0 Å². The molecule has 0 bridgehead atoms. The molecule has 0 aromatic rings. The summed E-state index contributed by atoms with van der Waals surface area (Å²) in [6.07, 6.45) is 3.70. The van der Waals surface area contributed by atoms with Gasteiger partial charge in [0, 0.05) is 66.0 Å². The Balaban J connectivity index is 2.50. The van der Waals surface area contributed by atoms with Crippen LogP contribution in [0.3, 0.4) is 0 Å². The second-order valence-electron chi connectivity index (χ2n) is 5.56. The van der Waals surface area contributed by atoms with E-state index in [-0.39, 0.29) is 11.9 Å². The van der Waals surface area contributed by atoms with Gasteiger partial charge in [-0.2, -0.15) is 0 Å². The van der Waals surface area contributed by atoms with Crippen molar-refractivity contribution in [2.24, 2.45) is 5.73 Å². The average Bonchev–Trinajstić information content (AvgIpc) is 3.03. The van der Waals surface area contributed by atoms with E-state index in [9.17, 15) is 4.79 Å². The van der Waals surface area contributed by atoms with Crippen LogP contribution in [0.15, 0.2) is 0 Å². The first-order chi connectivity index (χ1) is 10.2. The molecule has 6 nitrogen and oxygen atoms in total. The van der Waals surface area contributed by atoms with Gasteiger partial charge in [0.1, 0.15) is 0 Å². The fourth-order valence-corrected chi connectivity index (χ4v) is 2.76. The fraction of sp³-hybridized carbons (Fsp3) is 0.933. The summed E-state index contributed by atoms with van der Waals surface area (Å²) in [6, 6.07) is 0.0881. The van der Waals surface area contributed by atoms with Crippen molar-refractivity contribution in [3.63, 3.8) is 0 Å². The third kappa shape index (κ3) is 6.74. The van der Waals surface area contributed by atoms with E-state index in [1.807, 2.05) is 4.90 Å². The maximum Gasteiger partial charge on any atom is 0.224 e. The summed E-state index contributed by atoms with van der Waals surface area (Å²) in [5.41, 5.74) is 5.91. The first-order valence-corrected chi connectivity index (χ1v) is 7.92. The molecule has 6 heteroatoms. The monoisotopic (exact) mass is 301 g/mol. The Morgan fingerprint density at radius 1 is 1.19 bits per heavy atom. The molecule has 1 amide bonds. The van der Waals surface area contributed by atoms with E-state index in [1.165, 1.54) is 0 Å². The molecule has 1 saturated heterocycles. The summed E-state index contributed by atoms with van der Waals surface area (Å²) in [7, 11) is 3.40. The van der Waals surface area contributed by atoms with Crippen LogP contribution in [-0.4, -0.2) is 81.9 Å². The van der Waals surface area contributed by atoms with Crippen LogP contribution < -0.4 is 5.73 Å². The standard InChI is InChI=1S/C15H31N3O3/c1-20-10-5-8-17(9-11-21-2)14(13-16)12-15(19)18-6-3-4-7-18/h14H,3-13,16H2,1-2H3. The lowest BCUT2D eigenvalue weighted by Crippen LogP contribution is -2.46. The number of hydrogen-bond donors (Lipinski definition) is 1. The molecule has 1 atom stereocenters. The number of nitrogens with two attached hydrogens (primary N) is 1. The second kappa shape index (κ2) is 11.0. The largest absolute Gasteiger partial charge is 0.385 e. The first-order valence-electron chi connectivity index (χ1n) is 7.92. The summed E-state index contributed by atoms with van der Waals surface area (Å²) in [4.78, 5) is 16.5. The molecule has 124 valence electrons.